The molecule has 2 aromatic carbocycles. The van der Waals surface area contributed by atoms with Crippen LogP contribution in [-0.2, 0) is 14.8 Å². The number of sulfonamides is 1. The van der Waals surface area contributed by atoms with Crippen molar-refractivity contribution in [3.05, 3.63) is 58.6 Å². The van der Waals surface area contributed by atoms with Crippen LogP contribution < -0.4 is 4.74 Å². The quantitative estimate of drug-likeness (QED) is 0.454. The number of halogens is 1. The molecule has 3 rings (SSSR count). The molecular weight excluding hydrogens is 442 g/mol. The lowest BCUT2D eigenvalue weighted by atomic mass is 10.1. The fourth-order valence-corrected chi connectivity index (χ4v) is 5.27. The Morgan fingerprint density at radius 2 is 1.71 bits per heavy atom. The van der Waals surface area contributed by atoms with E-state index in [1.807, 2.05) is 0 Å². The molecule has 0 N–H and O–H groups in total. The lowest BCUT2D eigenvalue weighted by Crippen LogP contribution is -2.32. The zero-order valence-corrected chi connectivity index (χ0v) is 18.7. The Hall–Kier alpha value is -2.42. The van der Waals surface area contributed by atoms with Crippen molar-refractivity contribution in [2.75, 3.05) is 26.8 Å². The molecule has 1 aliphatic heterocycles. The molecule has 9 heteroatoms. The van der Waals surface area contributed by atoms with Gasteiger partial charge in [0.25, 0.3) is 0 Å². The SMILES string of the molecule is COc1ccc(C(=O)OCC(=O)c2cccc(Cl)c2)cc1S(=O)(=O)N1CCCCCC1. The van der Waals surface area contributed by atoms with E-state index < -0.39 is 28.4 Å². The Bertz CT molecular complexity index is 1060. The van der Waals surface area contributed by atoms with Gasteiger partial charge in [-0.2, -0.15) is 4.31 Å². The predicted octanol–water partition coefficient (Wildman–Crippen LogP) is 3.95. The average Bonchev–Trinajstić information content (AvgIpc) is 3.07. The Labute approximate surface area is 187 Å². The zero-order valence-electron chi connectivity index (χ0n) is 17.2. The minimum atomic E-state index is -3.84. The van der Waals surface area contributed by atoms with Crippen molar-refractivity contribution in [2.45, 2.75) is 30.6 Å². The number of ketones is 1. The van der Waals surface area contributed by atoms with E-state index in [2.05, 4.69) is 0 Å². The van der Waals surface area contributed by atoms with Crippen molar-refractivity contribution in [2.24, 2.45) is 0 Å². The van der Waals surface area contributed by atoms with E-state index in [-0.39, 0.29) is 16.2 Å². The second-order valence-electron chi connectivity index (χ2n) is 7.19. The van der Waals surface area contributed by atoms with Crippen LogP contribution >= 0.6 is 11.6 Å². The fraction of sp³-hybridized carbons (Fsp3) is 0.364. The third-order valence-corrected chi connectivity index (χ3v) is 7.22. The number of ether oxygens (including phenoxy) is 2. The van der Waals surface area contributed by atoms with Crippen LogP contribution in [-0.4, -0.2) is 51.3 Å². The van der Waals surface area contributed by atoms with Crippen molar-refractivity contribution in [3.63, 3.8) is 0 Å². The molecule has 0 unspecified atom stereocenters. The van der Waals surface area contributed by atoms with Gasteiger partial charge in [-0.25, -0.2) is 13.2 Å². The van der Waals surface area contributed by atoms with Gasteiger partial charge in [0.2, 0.25) is 10.0 Å². The predicted molar refractivity (Wildman–Crippen MR) is 116 cm³/mol. The topological polar surface area (TPSA) is 90.0 Å². The molecule has 1 fully saturated rings. The smallest absolute Gasteiger partial charge is 0.338 e. The first-order chi connectivity index (χ1) is 14.8. The lowest BCUT2D eigenvalue weighted by molar-refractivity contribution is 0.0474. The molecule has 0 radical (unpaired) electrons. The van der Waals surface area contributed by atoms with E-state index in [9.17, 15) is 18.0 Å². The van der Waals surface area contributed by atoms with Crippen LogP contribution in [0.5, 0.6) is 5.75 Å². The highest BCUT2D eigenvalue weighted by Gasteiger charge is 2.29. The molecule has 1 saturated heterocycles. The summed E-state index contributed by atoms with van der Waals surface area (Å²) in [6.07, 6.45) is 3.54. The molecule has 0 amide bonds. The molecule has 0 saturated carbocycles. The van der Waals surface area contributed by atoms with Gasteiger partial charge in [0.05, 0.1) is 12.7 Å². The summed E-state index contributed by atoms with van der Waals surface area (Å²) in [7, 11) is -2.47. The highest BCUT2D eigenvalue weighted by atomic mass is 35.5. The van der Waals surface area contributed by atoms with Gasteiger partial charge in [0.15, 0.2) is 12.4 Å². The van der Waals surface area contributed by atoms with E-state index in [1.165, 1.54) is 35.7 Å². The number of hydrogen-bond acceptors (Lipinski definition) is 6. The van der Waals surface area contributed by atoms with Crippen molar-refractivity contribution >= 4 is 33.4 Å². The third kappa shape index (κ3) is 5.64. The number of carbonyl (C=O) groups excluding carboxylic acids is 2. The summed E-state index contributed by atoms with van der Waals surface area (Å²) in [5.74, 6) is -1.07. The number of methoxy groups -OCH3 is 1. The van der Waals surface area contributed by atoms with E-state index in [0.717, 1.165) is 25.7 Å². The summed E-state index contributed by atoms with van der Waals surface area (Å²) in [6, 6.07) is 10.4. The number of nitrogens with zero attached hydrogens (tertiary/aromatic N) is 1. The van der Waals surface area contributed by atoms with Gasteiger partial charge in [0.1, 0.15) is 10.6 Å². The normalized spacial score (nSPS) is 15.2. The van der Waals surface area contributed by atoms with Crippen molar-refractivity contribution < 1.29 is 27.5 Å². The van der Waals surface area contributed by atoms with E-state index in [1.54, 1.807) is 18.2 Å². The van der Waals surface area contributed by atoms with Gasteiger partial charge in [-0.05, 0) is 43.2 Å². The molecule has 0 atom stereocenters. The fourth-order valence-electron chi connectivity index (χ4n) is 3.39. The Kier molecular flexibility index (Phi) is 7.69. The van der Waals surface area contributed by atoms with Crippen LogP contribution in [0.1, 0.15) is 46.4 Å². The Morgan fingerprint density at radius 3 is 2.35 bits per heavy atom. The van der Waals surface area contributed by atoms with Crippen LogP contribution in [0, 0.1) is 0 Å². The zero-order chi connectivity index (χ0) is 22.4. The molecule has 166 valence electrons. The van der Waals surface area contributed by atoms with Crippen LogP contribution in [0.2, 0.25) is 5.02 Å². The highest BCUT2D eigenvalue weighted by Crippen LogP contribution is 2.29. The van der Waals surface area contributed by atoms with Crippen molar-refractivity contribution in [1.29, 1.82) is 0 Å². The number of Topliss-reactive ketones (excluding diaryl/α,β-unsaturated/α-hetero) is 1. The van der Waals surface area contributed by atoms with Gasteiger partial charge < -0.3 is 9.47 Å². The van der Waals surface area contributed by atoms with Gasteiger partial charge in [0, 0.05) is 23.7 Å². The molecule has 0 bridgehead atoms. The summed E-state index contributed by atoms with van der Waals surface area (Å²) in [5.41, 5.74) is 0.340. The second-order valence-corrected chi connectivity index (χ2v) is 9.54. The average molecular weight is 466 g/mol. The summed E-state index contributed by atoms with van der Waals surface area (Å²) >= 11 is 5.88. The first kappa shape index (κ1) is 23.2. The maximum absolute atomic E-state index is 13.2. The minimum Gasteiger partial charge on any atom is -0.495 e. The number of esters is 1. The van der Waals surface area contributed by atoms with E-state index in [4.69, 9.17) is 21.1 Å². The summed E-state index contributed by atoms with van der Waals surface area (Å²) in [5, 5.41) is 0.399. The van der Waals surface area contributed by atoms with Crippen molar-refractivity contribution in [1.82, 2.24) is 4.31 Å². The lowest BCUT2D eigenvalue weighted by Gasteiger charge is -2.21. The molecule has 0 aliphatic carbocycles. The molecule has 1 aliphatic rings. The molecule has 31 heavy (non-hydrogen) atoms. The second kappa shape index (κ2) is 10.3. The Balaban J connectivity index is 1.79. The third-order valence-electron chi connectivity index (χ3n) is 5.06. The maximum atomic E-state index is 13.2. The van der Waals surface area contributed by atoms with Gasteiger partial charge >= 0.3 is 5.97 Å². The van der Waals surface area contributed by atoms with Crippen molar-refractivity contribution in [3.8, 4) is 5.75 Å². The summed E-state index contributed by atoms with van der Waals surface area (Å²) in [4.78, 5) is 24.7. The summed E-state index contributed by atoms with van der Waals surface area (Å²) < 4.78 is 38.2. The number of hydrogen-bond donors (Lipinski definition) is 0. The molecule has 2 aromatic rings. The van der Waals surface area contributed by atoms with Gasteiger partial charge in [-0.15, -0.1) is 0 Å². The molecule has 0 spiro atoms. The monoisotopic (exact) mass is 465 g/mol. The molecular formula is C22H24ClNO6S. The number of rotatable bonds is 7. The molecule has 7 nitrogen and oxygen atoms in total. The van der Waals surface area contributed by atoms with Gasteiger partial charge in [-0.3, -0.25) is 4.79 Å². The van der Waals surface area contributed by atoms with Gasteiger partial charge in [-0.1, -0.05) is 36.6 Å². The van der Waals surface area contributed by atoms with Crippen LogP contribution in [0.4, 0.5) is 0 Å². The highest BCUT2D eigenvalue weighted by molar-refractivity contribution is 7.89. The van der Waals surface area contributed by atoms with E-state index >= 15 is 0 Å². The number of benzene rings is 2. The maximum Gasteiger partial charge on any atom is 0.338 e. The Morgan fingerprint density at radius 1 is 1.00 bits per heavy atom. The molecule has 1 heterocycles. The number of carbonyl (C=O) groups is 2. The molecule has 0 aromatic heterocycles. The summed E-state index contributed by atoms with van der Waals surface area (Å²) in [6.45, 7) is 0.363. The van der Waals surface area contributed by atoms with Crippen LogP contribution in [0.15, 0.2) is 47.4 Å². The minimum absolute atomic E-state index is 0.0214. The first-order valence-corrected chi connectivity index (χ1v) is 11.8. The standard InChI is InChI=1S/C22H24ClNO6S/c1-29-20-10-9-17(14-21(20)31(27,28)24-11-4-2-3-5-12-24)22(26)30-15-19(25)16-7-6-8-18(23)13-16/h6-10,13-14H,2-5,11-12,15H2,1H3. The van der Waals surface area contributed by atoms with Crippen LogP contribution in [0.3, 0.4) is 0 Å². The van der Waals surface area contributed by atoms with Crippen LogP contribution in [0.25, 0.3) is 0 Å². The van der Waals surface area contributed by atoms with E-state index in [0.29, 0.717) is 23.7 Å². The first-order valence-electron chi connectivity index (χ1n) is 9.97. The largest absolute Gasteiger partial charge is 0.495 e.